The Kier molecular flexibility index (Phi) is 4.52. The van der Waals surface area contributed by atoms with Gasteiger partial charge in [-0.3, -0.25) is 4.79 Å². The smallest absolute Gasteiger partial charge is 0.251 e. The van der Waals surface area contributed by atoms with Gasteiger partial charge in [-0.15, -0.1) is 0 Å². The van der Waals surface area contributed by atoms with Crippen LogP contribution in [0.15, 0.2) is 66.2 Å². The van der Waals surface area contributed by atoms with E-state index in [9.17, 15) is 4.79 Å². The van der Waals surface area contributed by atoms with Crippen LogP contribution in [0.5, 0.6) is 0 Å². The van der Waals surface area contributed by atoms with E-state index in [1.165, 1.54) is 11.1 Å². The van der Waals surface area contributed by atoms with Crippen molar-refractivity contribution in [2.75, 3.05) is 0 Å². The minimum Gasteiger partial charge on any atom is -0.335 e. The second-order valence-corrected chi connectivity index (χ2v) is 6.89. The second kappa shape index (κ2) is 7.12. The van der Waals surface area contributed by atoms with Gasteiger partial charge in [0.2, 0.25) is 0 Å². The number of imidazole rings is 1. The number of nitrogens with zero attached hydrogens (tertiary/aromatic N) is 4. The maximum atomic E-state index is 12.7. The van der Waals surface area contributed by atoms with E-state index in [0.29, 0.717) is 18.5 Å². The summed E-state index contributed by atoms with van der Waals surface area (Å²) in [6.45, 7) is 3.61. The molecular weight excluding hydrogens is 324 g/mol. The van der Waals surface area contributed by atoms with Crippen LogP contribution in [-0.4, -0.2) is 20.0 Å². The number of pyridine rings is 1. The number of aryl methyl sites for hydroxylation is 2. The molecule has 0 radical (unpaired) electrons. The number of carbonyl (C=O) groups excluding carboxylic acids is 1. The van der Waals surface area contributed by atoms with Gasteiger partial charge in [0.05, 0.1) is 6.33 Å². The molecule has 1 atom stereocenters. The van der Waals surface area contributed by atoms with E-state index >= 15 is 0 Å². The zero-order valence-electron chi connectivity index (χ0n) is 14.9. The summed E-state index contributed by atoms with van der Waals surface area (Å²) in [5, 5.41) is 0. The zero-order chi connectivity index (χ0) is 17.9. The van der Waals surface area contributed by atoms with Crippen LogP contribution in [0.3, 0.4) is 0 Å². The summed E-state index contributed by atoms with van der Waals surface area (Å²) in [6.07, 6.45) is 7.19. The first-order valence-corrected chi connectivity index (χ1v) is 8.97. The lowest BCUT2D eigenvalue weighted by molar-refractivity contribution is -0.122. The highest BCUT2D eigenvalue weighted by atomic mass is 16.1. The maximum Gasteiger partial charge on any atom is 0.251 e. The van der Waals surface area contributed by atoms with E-state index in [1.54, 1.807) is 0 Å². The Balaban J connectivity index is 1.57. The third-order valence-corrected chi connectivity index (χ3v) is 4.94. The predicted octanol–water partition coefficient (Wildman–Crippen LogP) is 2.73. The molecule has 0 aliphatic carbocycles. The van der Waals surface area contributed by atoms with Crippen molar-refractivity contribution in [3.8, 4) is 0 Å². The summed E-state index contributed by atoms with van der Waals surface area (Å²) in [7, 11) is 0. The molecule has 3 heterocycles. The van der Waals surface area contributed by atoms with Crippen LogP contribution in [0, 0.1) is 12.8 Å². The fourth-order valence-corrected chi connectivity index (χ4v) is 3.38. The highest BCUT2D eigenvalue weighted by molar-refractivity contribution is 5.79. The van der Waals surface area contributed by atoms with Gasteiger partial charge in [0.15, 0.2) is 0 Å². The van der Waals surface area contributed by atoms with Gasteiger partial charge < -0.3 is 9.13 Å². The number of hydrogen-bond acceptors (Lipinski definition) is 2. The van der Waals surface area contributed by atoms with Crippen LogP contribution >= 0.6 is 0 Å². The third-order valence-electron chi connectivity index (χ3n) is 4.94. The topological polar surface area (TPSA) is 52.2 Å². The van der Waals surface area contributed by atoms with Gasteiger partial charge in [0, 0.05) is 43.5 Å². The van der Waals surface area contributed by atoms with Gasteiger partial charge in [-0.1, -0.05) is 35.9 Å². The standard InChI is InChI=1S/C21H22N4O/c1-16-5-7-17(8-6-16)14-24-10-3-2-4-20(24)23-21(26)18-9-11-25-15-22-13-19(25)12-18/h2-8,10,13,15,18H,9,11-12,14H2,1H3/t18-/m0/s1. The van der Waals surface area contributed by atoms with Crippen molar-refractivity contribution < 1.29 is 4.79 Å². The lowest BCUT2D eigenvalue weighted by Crippen LogP contribution is -2.28. The van der Waals surface area contributed by atoms with E-state index in [4.69, 9.17) is 0 Å². The van der Waals surface area contributed by atoms with Crippen LogP contribution in [0.2, 0.25) is 0 Å². The molecule has 1 amide bonds. The molecule has 2 aromatic heterocycles. The highest BCUT2D eigenvalue weighted by Crippen LogP contribution is 2.20. The molecule has 0 saturated carbocycles. The Bertz CT molecular complexity index is 982. The molecule has 0 bridgehead atoms. The van der Waals surface area contributed by atoms with E-state index in [1.807, 2.05) is 41.5 Å². The highest BCUT2D eigenvalue weighted by Gasteiger charge is 2.24. The van der Waals surface area contributed by atoms with E-state index in [0.717, 1.165) is 18.7 Å². The van der Waals surface area contributed by atoms with Gasteiger partial charge in [0.1, 0.15) is 5.49 Å². The summed E-state index contributed by atoms with van der Waals surface area (Å²) in [5.41, 5.74) is 4.25. The van der Waals surface area contributed by atoms with E-state index in [2.05, 4.69) is 45.7 Å². The van der Waals surface area contributed by atoms with Crippen molar-refractivity contribution in [3.05, 3.63) is 83.5 Å². The normalized spacial score (nSPS) is 17.1. The van der Waals surface area contributed by atoms with Crippen LogP contribution < -0.4 is 5.49 Å². The quantitative estimate of drug-likeness (QED) is 0.732. The number of aromatic nitrogens is 3. The zero-order valence-corrected chi connectivity index (χ0v) is 14.9. The minimum atomic E-state index is -0.0627. The van der Waals surface area contributed by atoms with Crippen molar-refractivity contribution >= 4 is 5.91 Å². The fraction of sp³-hybridized carbons (Fsp3) is 0.286. The lowest BCUT2D eigenvalue weighted by atomic mass is 9.96. The molecule has 0 spiro atoms. The number of rotatable bonds is 3. The minimum absolute atomic E-state index is 0.0405. The summed E-state index contributed by atoms with van der Waals surface area (Å²) in [6, 6.07) is 14.2. The first kappa shape index (κ1) is 16.5. The van der Waals surface area contributed by atoms with Crippen molar-refractivity contribution in [3.63, 3.8) is 0 Å². The van der Waals surface area contributed by atoms with Crippen molar-refractivity contribution in [2.45, 2.75) is 32.9 Å². The monoisotopic (exact) mass is 346 g/mol. The molecule has 4 rings (SSSR count). The number of hydrogen-bond donors (Lipinski definition) is 0. The molecule has 26 heavy (non-hydrogen) atoms. The maximum absolute atomic E-state index is 12.7. The van der Waals surface area contributed by atoms with E-state index < -0.39 is 0 Å². The summed E-state index contributed by atoms with van der Waals surface area (Å²) >= 11 is 0. The molecule has 3 aromatic rings. The van der Waals surface area contributed by atoms with Gasteiger partial charge in [-0.2, -0.15) is 4.99 Å². The Morgan fingerprint density at radius 3 is 2.92 bits per heavy atom. The Labute approximate surface area is 152 Å². The summed E-state index contributed by atoms with van der Waals surface area (Å²) in [4.78, 5) is 21.4. The number of benzene rings is 1. The molecule has 1 aliphatic heterocycles. The summed E-state index contributed by atoms with van der Waals surface area (Å²) < 4.78 is 4.14. The predicted molar refractivity (Wildman–Crippen MR) is 99.3 cm³/mol. The molecule has 0 saturated heterocycles. The van der Waals surface area contributed by atoms with Gasteiger partial charge in [-0.25, -0.2) is 4.98 Å². The number of carbonyl (C=O) groups is 1. The molecule has 0 N–H and O–H groups in total. The fourth-order valence-electron chi connectivity index (χ4n) is 3.38. The molecule has 1 aromatic carbocycles. The van der Waals surface area contributed by atoms with Crippen LogP contribution in [-0.2, 0) is 24.3 Å². The van der Waals surface area contributed by atoms with Crippen LogP contribution in [0.4, 0.5) is 0 Å². The van der Waals surface area contributed by atoms with Crippen molar-refractivity contribution in [1.29, 1.82) is 0 Å². The largest absolute Gasteiger partial charge is 0.335 e. The Morgan fingerprint density at radius 2 is 2.08 bits per heavy atom. The SMILES string of the molecule is Cc1ccc(Cn2ccccc2=NC(=O)[C@H]2CCn3cncc3C2)cc1. The average Bonchev–Trinajstić information content (AvgIpc) is 3.13. The second-order valence-electron chi connectivity index (χ2n) is 6.89. The van der Waals surface area contributed by atoms with E-state index in [-0.39, 0.29) is 11.8 Å². The molecule has 0 unspecified atom stereocenters. The summed E-state index contributed by atoms with van der Waals surface area (Å²) in [5.74, 6) is -0.103. The van der Waals surface area contributed by atoms with Crippen LogP contribution in [0.25, 0.3) is 0 Å². The first-order chi connectivity index (χ1) is 12.7. The molecule has 0 fully saturated rings. The third kappa shape index (κ3) is 3.52. The average molecular weight is 346 g/mol. The van der Waals surface area contributed by atoms with Gasteiger partial charge in [-0.05, 0) is 31.0 Å². The van der Waals surface area contributed by atoms with Crippen molar-refractivity contribution in [2.24, 2.45) is 10.9 Å². The van der Waals surface area contributed by atoms with Crippen LogP contribution in [0.1, 0.15) is 23.2 Å². The van der Waals surface area contributed by atoms with Gasteiger partial charge in [0.25, 0.3) is 5.91 Å². The first-order valence-electron chi connectivity index (χ1n) is 8.97. The van der Waals surface area contributed by atoms with Crippen molar-refractivity contribution in [1.82, 2.24) is 14.1 Å². The Hall–Kier alpha value is -2.95. The lowest BCUT2D eigenvalue weighted by Gasteiger charge is -2.20. The molecule has 5 heteroatoms. The molecule has 132 valence electrons. The molecular formula is C21H22N4O. The van der Waals surface area contributed by atoms with Gasteiger partial charge >= 0.3 is 0 Å². The molecule has 5 nitrogen and oxygen atoms in total. The molecule has 1 aliphatic rings. The number of amides is 1. The Morgan fingerprint density at radius 1 is 1.23 bits per heavy atom. The number of fused-ring (bicyclic) bond motifs is 1.